The summed E-state index contributed by atoms with van der Waals surface area (Å²) in [6, 6.07) is 3.15. The van der Waals surface area contributed by atoms with Gasteiger partial charge in [0.2, 0.25) is 12.0 Å². The van der Waals surface area contributed by atoms with Crippen molar-refractivity contribution in [2.45, 2.75) is 37.1 Å². The minimum absolute atomic E-state index is 0.00995. The summed E-state index contributed by atoms with van der Waals surface area (Å²) in [5.74, 6) is -4.22. The number of aromatic hydroxyl groups is 2. The highest BCUT2D eigenvalue weighted by Crippen LogP contribution is 2.40. The SMILES string of the molecule is O=C(O)CC(=O)OCC1OC(Oc2cc(O)c(O)c3oc(=O)ccc23)C(O)C(O)C1O. The quantitative estimate of drug-likeness (QED) is 0.129. The van der Waals surface area contributed by atoms with Crippen molar-refractivity contribution in [1.82, 2.24) is 0 Å². The first-order valence-electron chi connectivity index (χ1n) is 8.81. The zero-order chi connectivity index (χ0) is 22.9. The first-order chi connectivity index (χ1) is 14.6. The molecule has 0 saturated carbocycles. The van der Waals surface area contributed by atoms with E-state index in [1.165, 1.54) is 6.07 Å². The second-order valence-electron chi connectivity index (χ2n) is 6.63. The number of fused-ring (bicyclic) bond motifs is 1. The fourth-order valence-electron chi connectivity index (χ4n) is 2.90. The molecule has 2 aromatic rings. The number of rotatable bonds is 6. The molecule has 5 unspecified atom stereocenters. The number of esters is 1. The lowest BCUT2D eigenvalue weighted by molar-refractivity contribution is -0.278. The van der Waals surface area contributed by atoms with Gasteiger partial charge < -0.3 is 49.3 Å². The summed E-state index contributed by atoms with van der Waals surface area (Å²) in [5, 5.41) is 58.6. The van der Waals surface area contributed by atoms with Crippen molar-refractivity contribution in [2.75, 3.05) is 6.61 Å². The van der Waals surface area contributed by atoms with Crippen molar-refractivity contribution < 1.29 is 58.9 Å². The molecule has 1 aliphatic rings. The molecule has 1 aromatic heterocycles. The van der Waals surface area contributed by atoms with Crippen LogP contribution in [0.5, 0.6) is 17.2 Å². The van der Waals surface area contributed by atoms with Gasteiger partial charge in [0.15, 0.2) is 11.3 Å². The van der Waals surface area contributed by atoms with Crippen LogP contribution in [-0.2, 0) is 19.1 Å². The lowest BCUT2D eigenvalue weighted by atomic mass is 9.99. The Kier molecular flexibility index (Phi) is 6.31. The average Bonchev–Trinajstić information content (AvgIpc) is 2.70. The van der Waals surface area contributed by atoms with Gasteiger partial charge in [0.1, 0.15) is 43.2 Å². The van der Waals surface area contributed by atoms with Crippen LogP contribution in [0.3, 0.4) is 0 Å². The predicted molar refractivity (Wildman–Crippen MR) is 96.3 cm³/mol. The molecule has 1 saturated heterocycles. The second-order valence-corrected chi connectivity index (χ2v) is 6.63. The van der Waals surface area contributed by atoms with Crippen LogP contribution >= 0.6 is 0 Å². The summed E-state index contributed by atoms with van der Waals surface area (Å²) < 4.78 is 20.3. The van der Waals surface area contributed by atoms with Crippen molar-refractivity contribution >= 4 is 22.9 Å². The molecular weight excluding hydrogens is 424 g/mol. The Morgan fingerprint density at radius 3 is 2.45 bits per heavy atom. The number of aliphatic hydroxyl groups is 3. The summed E-state index contributed by atoms with van der Waals surface area (Å²) in [6.45, 7) is -0.659. The number of carboxylic acid groups (broad SMARTS) is 1. The van der Waals surface area contributed by atoms with Crippen LogP contribution in [0.1, 0.15) is 6.42 Å². The monoisotopic (exact) mass is 442 g/mol. The normalized spacial score (nSPS) is 25.8. The molecule has 13 nitrogen and oxygen atoms in total. The third-order valence-electron chi connectivity index (χ3n) is 4.44. The molecule has 1 fully saturated rings. The minimum atomic E-state index is -1.81. The fourth-order valence-corrected chi connectivity index (χ4v) is 2.90. The van der Waals surface area contributed by atoms with Crippen LogP contribution in [0, 0.1) is 0 Å². The Morgan fingerprint density at radius 1 is 1.06 bits per heavy atom. The molecule has 1 aliphatic heterocycles. The third-order valence-corrected chi connectivity index (χ3v) is 4.44. The maximum absolute atomic E-state index is 11.4. The van der Waals surface area contributed by atoms with E-state index in [0.717, 1.165) is 12.1 Å². The van der Waals surface area contributed by atoms with Crippen molar-refractivity contribution in [3.63, 3.8) is 0 Å². The van der Waals surface area contributed by atoms with Crippen LogP contribution in [0.25, 0.3) is 11.0 Å². The van der Waals surface area contributed by atoms with E-state index in [4.69, 9.17) is 19.0 Å². The summed E-state index contributed by atoms with van der Waals surface area (Å²) in [7, 11) is 0. The summed E-state index contributed by atoms with van der Waals surface area (Å²) in [6.07, 6.45) is -9.33. The summed E-state index contributed by atoms with van der Waals surface area (Å²) in [5.41, 5.74) is -1.23. The van der Waals surface area contributed by atoms with Gasteiger partial charge in [-0.1, -0.05) is 0 Å². The zero-order valence-electron chi connectivity index (χ0n) is 15.6. The Labute approximate surface area is 172 Å². The van der Waals surface area contributed by atoms with Gasteiger partial charge >= 0.3 is 17.6 Å². The van der Waals surface area contributed by atoms with Crippen LogP contribution in [0.4, 0.5) is 0 Å². The molecule has 0 radical (unpaired) electrons. The number of ether oxygens (including phenoxy) is 3. The number of carboxylic acids is 1. The number of phenols is 2. The maximum Gasteiger partial charge on any atom is 0.336 e. The summed E-state index contributed by atoms with van der Waals surface area (Å²) in [4.78, 5) is 33.3. The van der Waals surface area contributed by atoms with Gasteiger partial charge in [-0.15, -0.1) is 0 Å². The molecule has 0 bridgehead atoms. The number of aliphatic carboxylic acids is 1. The van der Waals surface area contributed by atoms with Gasteiger partial charge in [-0.3, -0.25) is 9.59 Å². The number of aliphatic hydroxyl groups excluding tert-OH is 3. The lowest BCUT2D eigenvalue weighted by Gasteiger charge is -2.40. The van der Waals surface area contributed by atoms with Gasteiger partial charge in [-0.2, -0.15) is 0 Å². The first kappa shape index (κ1) is 22.3. The molecule has 168 valence electrons. The molecule has 6 N–H and O–H groups in total. The van der Waals surface area contributed by atoms with E-state index in [2.05, 4.69) is 4.74 Å². The van der Waals surface area contributed by atoms with Gasteiger partial charge in [-0.05, 0) is 6.07 Å². The minimum Gasteiger partial charge on any atom is -0.504 e. The molecule has 13 heteroatoms. The third kappa shape index (κ3) is 4.69. The highest BCUT2D eigenvalue weighted by atomic mass is 16.7. The van der Waals surface area contributed by atoms with E-state index in [1.807, 2.05) is 0 Å². The molecule has 2 heterocycles. The van der Waals surface area contributed by atoms with Crippen LogP contribution in [0.15, 0.2) is 27.4 Å². The lowest BCUT2D eigenvalue weighted by Crippen LogP contribution is -2.60. The molecule has 5 atom stereocenters. The zero-order valence-corrected chi connectivity index (χ0v) is 15.6. The second kappa shape index (κ2) is 8.77. The fraction of sp³-hybridized carbons (Fsp3) is 0.389. The van der Waals surface area contributed by atoms with Crippen molar-refractivity contribution in [2.24, 2.45) is 0 Å². The van der Waals surface area contributed by atoms with Crippen LogP contribution in [-0.4, -0.2) is 79.9 Å². The maximum atomic E-state index is 11.4. The first-order valence-corrected chi connectivity index (χ1v) is 8.81. The molecule has 1 aromatic carbocycles. The van der Waals surface area contributed by atoms with Crippen molar-refractivity contribution in [3.8, 4) is 17.2 Å². The average molecular weight is 442 g/mol. The highest BCUT2D eigenvalue weighted by Gasteiger charge is 2.45. The molecule has 0 aliphatic carbocycles. The Bertz CT molecular complexity index is 1040. The predicted octanol–water partition coefficient (Wildman–Crippen LogP) is -1.59. The number of carbonyl (C=O) groups is 2. The van der Waals surface area contributed by atoms with E-state index in [-0.39, 0.29) is 11.1 Å². The summed E-state index contributed by atoms with van der Waals surface area (Å²) >= 11 is 0. The Morgan fingerprint density at radius 2 is 1.77 bits per heavy atom. The van der Waals surface area contributed by atoms with Crippen LogP contribution in [0.2, 0.25) is 0 Å². The molecule has 0 amide bonds. The number of phenolic OH excluding ortho intramolecular Hbond substituents is 2. The topological polar surface area (TPSA) is 213 Å². The standard InChI is InChI=1S/C18H18O13/c19-7-3-8(6-1-2-11(22)31-17(6)13(7)24)29-18-16(27)15(26)14(25)9(30-18)5-28-12(23)4-10(20)21/h1-3,9,14-16,18-19,24-27H,4-5H2,(H,20,21). The van der Waals surface area contributed by atoms with E-state index in [1.54, 1.807) is 0 Å². The Hall–Kier alpha value is -3.39. The number of hydrogen-bond donors (Lipinski definition) is 6. The molecule has 0 spiro atoms. The van der Waals surface area contributed by atoms with Crippen molar-refractivity contribution in [1.29, 1.82) is 0 Å². The van der Waals surface area contributed by atoms with Gasteiger partial charge in [0, 0.05) is 12.1 Å². The smallest absolute Gasteiger partial charge is 0.336 e. The van der Waals surface area contributed by atoms with E-state index < -0.39 is 78.4 Å². The molecule has 31 heavy (non-hydrogen) atoms. The number of hydrogen-bond acceptors (Lipinski definition) is 12. The van der Waals surface area contributed by atoms with E-state index in [9.17, 15) is 39.9 Å². The van der Waals surface area contributed by atoms with Crippen molar-refractivity contribution in [3.05, 3.63) is 28.6 Å². The van der Waals surface area contributed by atoms with Gasteiger partial charge in [0.25, 0.3) is 0 Å². The molecule has 3 rings (SSSR count). The Balaban J connectivity index is 1.83. The van der Waals surface area contributed by atoms with E-state index >= 15 is 0 Å². The molecular formula is C18H18O13. The van der Waals surface area contributed by atoms with Gasteiger partial charge in [0.05, 0.1) is 5.39 Å². The van der Waals surface area contributed by atoms with Gasteiger partial charge in [-0.25, -0.2) is 4.79 Å². The largest absolute Gasteiger partial charge is 0.504 e. The number of benzene rings is 1. The highest BCUT2D eigenvalue weighted by molar-refractivity contribution is 5.90. The van der Waals surface area contributed by atoms with E-state index in [0.29, 0.717) is 0 Å². The number of carbonyl (C=O) groups excluding carboxylic acids is 1. The van der Waals surface area contributed by atoms with Crippen LogP contribution < -0.4 is 10.4 Å².